The van der Waals surface area contributed by atoms with Crippen LogP contribution >= 0.6 is 0 Å². The van der Waals surface area contributed by atoms with Crippen molar-refractivity contribution in [1.82, 2.24) is 9.88 Å². The quantitative estimate of drug-likeness (QED) is 0.809. The molecule has 1 atom stereocenters. The highest BCUT2D eigenvalue weighted by molar-refractivity contribution is 5.18. The van der Waals surface area contributed by atoms with Crippen LogP contribution in [0.25, 0.3) is 0 Å². The highest BCUT2D eigenvalue weighted by Gasteiger charge is 2.06. The maximum absolute atomic E-state index is 6.22. The van der Waals surface area contributed by atoms with Gasteiger partial charge in [0.2, 0.25) is 0 Å². The van der Waals surface area contributed by atoms with E-state index in [2.05, 4.69) is 35.1 Å². The Kier molecular flexibility index (Phi) is 6.38. The van der Waals surface area contributed by atoms with Crippen LogP contribution < -0.4 is 5.73 Å². The summed E-state index contributed by atoms with van der Waals surface area (Å²) < 4.78 is 0. The molecule has 0 aliphatic rings. The summed E-state index contributed by atoms with van der Waals surface area (Å²) in [7, 11) is 2.16. The number of benzene rings is 1. The average molecular weight is 283 g/mol. The fraction of sp³-hybridized carbons (Fsp3) is 0.389. The van der Waals surface area contributed by atoms with Crippen molar-refractivity contribution in [3.05, 3.63) is 66.0 Å². The lowest BCUT2D eigenvalue weighted by molar-refractivity contribution is 0.324. The fourth-order valence-electron chi connectivity index (χ4n) is 2.41. The molecule has 2 aromatic rings. The molecule has 1 aromatic heterocycles. The number of pyridine rings is 1. The second-order valence-corrected chi connectivity index (χ2v) is 5.53. The number of hydrogen-bond donors (Lipinski definition) is 1. The van der Waals surface area contributed by atoms with Crippen LogP contribution in [0, 0.1) is 0 Å². The van der Waals surface area contributed by atoms with Gasteiger partial charge in [0.1, 0.15) is 0 Å². The van der Waals surface area contributed by atoms with E-state index in [0.717, 1.165) is 38.0 Å². The smallest absolute Gasteiger partial charge is 0.0416 e. The zero-order valence-corrected chi connectivity index (χ0v) is 12.8. The third-order valence-electron chi connectivity index (χ3n) is 3.76. The Morgan fingerprint density at radius 3 is 2.52 bits per heavy atom. The molecule has 0 spiro atoms. The maximum Gasteiger partial charge on any atom is 0.0416 e. The Morgan fingerprint density at radius 2 is 1.81 bits per heavy atom. The van der Waals surface area contributed by atoms with Crippen LogP contribution in [0.3, 0.4) is 0 Å². The summed E-state index contributed by atoms with van der Waals surface area (Å²) in [6, 6.07) is 16.6. The van der Waals surface area contributed by atoms with Crippen molar-refractivity contribution in [2.75, 3.05) is 20.1 Å². The maximum atomic E-state index is 6.22. The van der Waals surface area contributed by atoms with Gasteiger partial charge in [0.05, 0.1) is 0 Å². The van der Waals surface area contributed by atoms with E-state index in [1.807, 2.05) is 36.5 Å². The number of aromatic nitrogens is 1. The van der Waals surface area contributed by atoms with Crippen molar-refractivity contribution < 1.29 is 0 Å². The van der Waals surface area contributed by atoms with Crippen LogP contribution in [0.5, 0.6) is 0 Å². The molecule has 3 heteroatoms. The molecule has 2 rings (SSSR count). The molecule has 0 fully saturated rings. The molecule has 0 saturated carbocycles. The average Bonchev–Trinajstić information content (AvgIpc) is 2.54. The third kappa shape index (κ3) is 5.66. The summed E-state index contributed by atoms with van der Waals surface area (Å²) in [6.45, 7) is 2.12. The van der Waals surface area contributed by atoms with Gasteiger partial charge in [-0.3, -0.25) is 4.98 Å². The molecule has 1 aromatic carbocycles. The van der Waals surface area contributed by atoms with Crippen LogP contribution in [0.4, 0.5) is 0 Å². The normalized spacial score (nSPS) is 12.5. The second-order valence-electron chi connectivity index (χ2n) is 5.53. The number of likely N-dealkylation sites (N-methyl/N-ethyl adjacent to an activating group) is 1. The number of rotatable bonds is 8. The first kappa shape index (κ1) is 15.7. The molecule has 2 N–H and O–H groups in total. The van der Waals surface area contributed by atoms with Crippen LogP contribution in [0.2, 0.25) is 0 Å². The zero-order valence-electron chi connectivity index (χ0n) is 12.8. The van der Waals surface area contributed by atoms with Gasteiger partial charge < -0.3 is 10.6 Å². The van der Waals surface area contributed by atoms with Crippen molar-refractivity contribution in [3.63, 3.8) is 0 Å². The van der Waals surface area contributed by atoms with Gasteiger partial charge >= 0.3 is 0 Å². The molecule has 1 heterocycles. The summed E-state index contributed by atoms with van der Waals surface area (Å²) >= 11 is 0. The molecule has 0 amide bonds. The fourth-order valence-corrected chi connectivity index (χ4v) is 2.41. The topological polar surface area (TPSA) is 42.1 Å². The van der Waals surface area contributed by atoms with Crippen molar-refractivity contribution in [2.24, 2.45) is 5.73 Å². The van der Waals surface area contributed by atoms with Gasteiger partial charge in [-0.05, 0) is 44.1 Å². The monoisotopic (exact) mass is 283 g/mol. The van der Waals surface area contributed by atoms with E-state index in [9.17, 15) is 0 Å². The van der Waals surface area contributed by atoms with Crippen molar-refractivity contribution in [3.8, 4) is 0 Å². The SMILES string of the molecule is CN(CCCC(N)c1ccccc1)CCc1ccccn1. The van der Waals surface area contributed by atoms with Gasteiger partial charge in [0, 0.05) is 30.9 Å². The molecule has 0 radical (unpaired) electrons. The van der Waals surface area contributed by atoms with E-state index in [1.54, 1.807) is 0 Å². The van der Waals surface area contributed by atoms with Gasteiger partial charge in [0.15, 0.2) is 0 Å². The van der Waals surface area contributed by atoms with E-state index in [4.69, 9.17) is 5.73 Å². The predicted octanol–water partition coefficient (Wildman–Crippen LogP) is 3.04. The van der Waals surface area contributed by atoms with Crippen LogP contribution in [0.1, 0.15) is 30.1 Å². The predicted molar refractivity (Wildman–Crippen MR) is 88.0 cm³/mol. The largest absolute Gasteiger partial charge is 0.324 e. The van der Waals surface area contributed by atoms with Gasteiger partial charge in [0.25, 0.3) is 0 Å². The molecule has 112 valence electrons. The number of nitrogens with zero attached hydrogens (tertiary/aromatic N) is 2. The van der Waals surface area contributed by atoms with Crippen molar-refractivity contribution in [1.29, 1.82) is 0 Å². The molecular formula is C18H25N3. The Labute approximate surface area is 127 Å². The first-order valence-electron chi connectivity index (χ1n) is 7.64. The summed E-state index contributed by atoms with van der Waals surface area (Å²) in [5.74, 6) is 0. The Hall–Kier alpha value is -1.71. The summed E-state index contributed by atoms with van der Waals surface area (Å²) in [6.07, 6.45) is 5.00. The minimum Gasteiger partial charge on any atom is -0.324 e. The molecule has 21 heavy (non-hydrogen) atoms. The van der Waals surface area contributed by atoms with Gasteiger partial charge in [-0.25, -0.2) is 0 Å². The van der Waals surface area contributed by atoms with Crippen LogP contribution in [0.15, 0.2) is 54.7 Å². The lowest BCUT2D eigenvalue weighted by atomic mass is 10.0. The minimum absolute atomic E-state index is 0.149. The first-order valence-corrected chi connectivity index (χ1v) is 7.64. The van der Waals surface area contributed by atoms with Crippen LogP contribution in [-0.4, -0.2) is 30.0 Å². The van der Waals surface area contributed by atoms with E-state index >= 15 is 0 Å². The van der Waals surface area contributed by atoms with E-state index in [0.29, 0.717) is 0 Å². The first-order chi connectivity index (χ1) is 10.3. The lowest BCUT2D eigenvalue weighted by Gasteiger charge is -2.18. The van der Waals surface area contributed by atoms with E-state index in [-0.39, 0.29) is 6.04 Å². The number of nitrogens with two attached hydrogens (primary N) is 1. The summed E-state index contributed by atoms with van der Waals surface area (Å²) in [4.78, 5) is 6.71. The van der Waals surface area contributed by atoms with E-state index in [1.165, 1.54) is 5.56 Å². The van der Waals surface area contributed by atoms with E-state index < -0.39 is 0 Å². The molecule has 0 bridgehead atoms. The highest BCUT2D eigenvalue weighted by Crippen LogP contribution is 2.15. The summed E-state index contributed by atoms with van der Waals surface area (Å²) in [5, 5.41) is 0. The number of hydrogen-bond acceptors (Lipinski definition) is 3. The van der Waals surface area contributed by atoms with Crippen LogP contribution in [-0.2, 0) is 6.42 Å². The standard InChI is InChI=1S/C18H25N3/c1-21(15-12-17-10-5-6-13-20-17)14-7-11-18(19)16-8-3-2-4-9-16/h2-6,8-10,13,18H,7,11-12,14-15,19H2,1H3. The highest BCUT2D eigenvalue weighted by atomic mass is 15.1. The summed E-state index contributed by atoms with van der Waals surface area (Å²) in [5.41, 5.74) is 8.61. The molecule has 0 saturated heterocycles. The van der Waals surface area contributed by atoms with Crippen molar-refractivity contribution in [2.45, 2.75) is 25.3 Å². The minimum atomic E-state index is 0.149. The van der Waals surface area contributed by atoms with Gasteiger partial charge in [-0.1, -0.05) is 36.4 Å². The molecule has 1 unspecified atom stereocenters. The van der Waals surface area contributed by atoms with Gasteiger partial charge in [-0.2, -0.15) is 0 Å². The van der Waals surface area contributed by atoms with Crippen molar-refractivity contribution >= 4 is 0 Å². The van der Waals surface area contributed by atoms with Gasteiger partial charge in [-0.15, -0.1) is 0 Å². The zero-order chi connectivity index (χ0) is 14.9. The molecule has 3 nitrogen and oxygen atoms in total. The Morgan fingerprint density at radius 1 is 1.05 bits per heavy atom. The second kappa shape index (κ2) is 8.55. The molecule has 0 aliphatic carbocycles. The Balaban J connectivity index is 1.64. The third-order valence-corrected chi connectivity index (χ3v) is 3.76. The molecular weight excluding hydrogens is 258 g/mol. The lowest BCUT2D eigenvalue weighted by Crippen LogP contribution is -2.23. The molecule has 0 aliphatic heterocycles. The Bertz CT molecular complexity index is 498.